The van der Waals surface area contributed by atoms with E-state index >= 15 is 0 Å². The van der Waals surface area contributed by atoms with Gasteiger partial charge >= 0.3 is 10.1 Å². The first-order valence-electron chi connectivity index (χ1n) is 5.04. The van der Waals surface area contributed by atoms with E-state index in [2.05, 4.69) is 0 Å². The van der Waals surface area contributed by atoms with E-state index in [0.29, 0.717) is 5.75 Å². The highest BCUT2D eigenvalue weighted by Crippen LogP contribution is 2.25. The summed E-state index contributed by atoms with van der Waals surface area (Å²) in [6.07, 6.45) is 0. The van der Waals surface area contributed by atoms with Gasteiger partial charge in [-0.3, -0.25) is 0 Å². The fourth-order valence-corrected chi connectivity index (χ4v) is 3.29. The molecular weight excluding hydrogens is 256 g/mol. The van der Waals surface area contributed by atoms with Crippen molar-refractivity contribution in [1.82, 2.24) is 0 Å². The van der Waals surface area contributed by atoms with Crippen LogP contribution in [0.4, 0.5) is 0 Å². The second-order valence-corrected chi connectivity index (χ2v) is 6.46. The van der Waals surface area contributed by atoms with Gasteiger partial charge in [-0.05, 0) is 42.5 Å². The molecule has 0 radical (unpaired) electrons. The number of thiophene rings is 1. The molecule has 0 saturated heterocycles. The van der Waals surface area contributed by atoms with E-state index in [9.17, 15) is 8.42 Å². The third-order valence-electron chi connectivity index (χ3n) is 2.28. The highest BCUT2D eigenvalue weighted by Gasteiger charge is 2.18. The van der Waals surface area contributed by atoms with Crippen molar-refractivity contribution in [2.24, 2.45) is 0 Å². The van der Waals surface area contributed by atoms with Gasteiger partial charge < -0.3 is 4.18 Å². The maximum Gasteiger partial charge on any atom is 0.348 e. The minimum absolute atomic E-state index is 0.221. The molecule has 3 nitrogen and oxygen atoms in total. The molecule has 0 fully saturated rings. The quantitative estimate of drug-likeness (QED) is 0.803. The summed E-state index contributed by atoms with van der Waals surface area (Å²) in [7, 11) is -3.69. The van der Waals surface area contributed by atoms with Crippen LogP contribution < -0.4 is 4.18 Å². The molecule has 2 aromatic rings. The van der Waals surface area contributed by atoms with E-state index in [4.69, 9.17) is 4.18 Å². The molecule has 0 atom stereocenters. The van der Waals surface area contributed by atoms with Gasteiger partial charge in [-0.15, -0.1) is 11.3 Å². The zero-order chi connectivity index (χ0) is 12.5. The first-order valence-corrected chi connectivity index (χ1v) is 7.33. The van der Waals surface area contributed by atoms with Gasteiger partial charge in [0.15, 0.2) is 4.21 Å². The molecule has 0 aliphatic carbocycles. The number of benzene rings is 1. The Kier molecular flexibility index (Phi) is 3.22. The lowest BCUT2D eigenvalue weighted by atomic mass is 10.1. The van der Waals surface area contributed by atoms with Gasteiger partial charge in [-0.2, -0.15) is 8.42 Å². The Labute approximate surface area is 105 Å². The molecule has 0 saturated carbocycles. The van der Waals surface area contributed by atoms with Gasteiger partial charge in [-0.1, -0.05) is 18.2 Å². The Hall–Kier alpha value is -1.33. The van der Waals surface area contributed by atoms with E-state index in [0.717, 1.165) is 22.5 Å². The van der Waals surface area contributed by atoms with Crippen molar-refractivity contribution in [2.45, 2.75) is 18.1 Å². The molecule has 1 aromatic carbocycles. The summed E-state index contributed by atoms with van der Waals surface area (Å²) in [5.74, 6) is 0.387. The summed E-state index contributed by atoms with van der Waals surface area (Å²) >= 11 is 1.15. The van der Waals surface area contributed by atoms with Gasteiger partial charge in [0.05, 0.1) is 0 Å². The Morgan fingerprint density at radius 3 is 2.59 bits per heavy atom. The Balaban J connectivity index is 2.36. The standard InChI is InChI=1S/C12H12O3S2/c1-9-5-6-10(2)11(8-9)15-17(13,14)12-4-3-7-16-12/h3-8H,1-2H3. The lowest BCUT2D eigenvalue weighted by Crippen LogP contribution is -2.08. The lowest BCUT2D eigenvalue weighted by Gasteiger charge is -2.08. The third-order valence-corrected chi connectivity index (χ3v) is 4.88. The summed E-state index contributed by atoms with van der Waals surface area (Å²) in [6, 6.07) is 8.70. The molecule has 0 unspecified atom stereocenters. The topological polar surface area (TPSA) is 43.4 Å². The maximum absolute atomic E-state index is 11.9. The average molecular weight is 268 g/mol. The summed E-state index contributed by atoms with van der Waals surface area (Å²) in [5.41, 5.74) is 1.77. The van der Waals surface area contributed by atoms with Crippen LogP contribution in [0.25, 0.3) is 0 Å². The molecule has 0 aliphatic heterocycles. The van der Waals surface area contributed by atoms with E-state index < -0.39 is 10.1 Å². The highest BCUT2D eigenvalue weighted by molar-refractivity contribution is 7.89. The summed E-state index contributed by atoms with van der Waals surface area (Å²) in [4.78, 5) is 0. The molecule has 5 heteroatoms. The maximum atomic E-state index is 11.9. The molecule has 0 spiro atoms. The molecular formula is C12H12O3S2. The number of hydrogen-bond acceptors (Lipinski definition) is 4. The Bertz CT molecular complexity index is 613. The molecule has 1 heterocycles. The number of rotatable bonds is 3. The van der Waals surface area contributed by atoms with Crippen LogP contribution in [0.15, 0.2) is 39.9 Å². The van der Waals surface area contributed by atoms with Crippen LogP contribution in [0.1, 0.15) is 11.1 Å². The van der Waals surface area contributed by atoms with E-state index in [1.807, 2.05) is 26.0 Å². The first-order chi connectivity index (χ1) is 7.99. The zero-order valence-electron chi connectivity index (χ0n) is 9.51. The summed E-state index contributed by atoms with van der Waals surface area (Å²) in [5, 5.41) is 1.71. The highest BCUT2D eigenvalue weighted by atomic mass is 32.3. The van der Waals surface area contributed by atoms with Gasteiger partial charge in [0.2, 0.25) is 0 Å². The Morgan fingerprint density at radius 1 is 1.18 bits per heavy atom. The van der Waals surface area contributed by atoms with Crippen LogP contribution in [-0.4, -0.2) is 8.42 Å². The van der Waals surface area contributed by atoms with Crippen molar-refractivity contribution < 1.29 is 12.6 Å². The van der Waals surface area contributed by atoms with Crippen molar-refractivity contribution in [3.63, 3.8) is 0 Å². The molecule has 0 aliphatic rings. The largest absolute Gasteiger partial charge is 0.378 e. The van der Waals surface area contributed by atoms with Gasteiger partial charge in [-0.25, -0.2) is 0 Å². The number of hydrogen-bond donors (Lipinski definition) is 0. The molecule has 1 aromatic heterocycles. The minimum atomic E-state index is -3.69. The monoisotopic (exact) mass is 268 g/mol. The predicted molar refractivity (Wildman–Crippen MR) is 68.0 cm³/mol. The van der Waals surface area contributed by atoms with E-state index in [1.54, 1.807) is 17.5 Å². The smallest absolute Gasteiger partial charge is 0.348 e. The Morgan fingerprint density at radius 2 is 1.94 bits per heavy atom. The second-order valence-electron chi connectivity index (χ2n) is 3.74. The summed E-state index contributed by atoms with van der Waals surface area (Å²) < 4.78 is 29.2. The van der Waals surface area contributed by atoms with E-state index in [-0.39, 0.29) is 4.21 Å². The second kappa shape index (κ2) is 4.50. The van der Waals surface area contributed by atoms with E-state index in [1.165, 1.54) is 6.07 Å². The zero-order valence-corrected chi connectivity index (χ0v) is 11.1. The fourth-order valence-electron chi connectivity index (χ4n) is 1.36. The minimum Gasteiger partial charge on any atom is -0.378 e. The first kappa shape index (κ1) is 12.1. The van der Waals surface area contributed by atoms with Gasteiger partial charge in [0.1, 0.15) is 5.75 Å². The van der Waals surface area contributed by atoms with Crippen molar-refractivity contribution in [1.29, 1.82) is 0 Å². The molecule has 90 valence electrons. The van der Waals surface area contributed by atoms with Crippen LogP contribution in [0.5, 0.6) is 5.75 Å². The lowest BCUT2D eigenvalue weighted by molar-refractivity contribution is 0.486. The average Bonchev–Trinajstić information content (AvgIpc) is 2.77. The third kappa shape index (κ3) is 2.68. The van der Waals surface area contributed by atoms with Crippen LogP contribution in [0.2, 0.25) is 0 Å². The SMILES string of the molecule is Cc1ccc(C)c(OS(=O)(=O)c2cccs2)c1. The van der Waals surface area contributed by atoms with Gasteiger partial charge in [0, 0.05) is 0 Å². The van der Waals surface area contributed by atoms with Gasteiger partial charge in [0.25, 0.3) is 0 Å². The van der Waals surface area contributed by atoms with Crippen LogP contribution in [0, 0.1) is 13.8 Å². The normalized spacial score (nSPS) is 11.4. The summed E-state index contributed by atoms with van der Waals surface area (Å²) in [6.45, 7) is 3.71. The predicted octanol–water partition coefficient (Wildman–Crippen LogP) is 3.13. The molecule has 0 N–H and O–H groups in total. The molecule has 17 heavy (non-hydrogen) atoms. The molecule has 2 rings (SSSR count). The molecule has 0 bridgehead atoms. The number of aryl methyl sites for hydroxylation is 2. The van der Waals surface area contributed by atoms with Crippen molar-refractivity contribution in [3.8, 4) is 5.75 Å². The molecule has 0 amide bonds. The van der Waals surface area contributed by atoms with Crippen molar-refractivity contribution in [2.75, 3.05) is 0 Å². The van der Waals surface area contributed by atoms with Crippen LogP contribution in [-0.2, 0) is 10.1 Å². The van der Waals surface area contributed by atoms with Crippen LogP contribution >= 0.6 is 11.3 Å². The fraction of sp³-hybridized carbons (Fsp3) is 0.167. The van der Waals surface area contributed by atoms with Crippen molar-refractivity contribution >= 4 is 21.5 Å². The van der Waals surface area contributed by atoms with Crippen LogP contribution in [0.3, 0.4) is 0 Å². The van der Waals surface area contributed by atoms with Crippen molar-refractivity contribution in [3.05, 3.63) is 46.8 Å².